The van der Waals surface area contributed by atoms with Crippen LogP contribution in [0.5, 0.6) is 0 Å². The summed E-state index contributed by atoms with van der Waals surface area (Å²) in [6, 6.07) is 0. The highest BCUT2D eigenvalue weighted by atomic mass is 16.3. The predicted octanol–water partition coefficient (Wildman–Crippen LogP) is 1.46. The molecule has 3 N–H and O–H groups in total. The van der Waals surface area contributed by atoms with Crippen molar-refractivity contribution in [3.05, 3.63) is 12.7 Å². The number of fused-ring (bicyclic) bond motifs is 1. The molecular weight excluding hydrogens is 230 g/mol. The second-order valence-electron chi connectivity index (χ2n) is 4.95. The van der Waals surface area contributed by atoms with Crippen LogP contribution in [0, 0.1) is 0 Å². The average molecular weight is 247 g/mol. The van der Waals surface area contributed by atoms with Crippen LogP contribution in [0.15, 0.2) is 12.7 Å². The van der Waals surface area contributed by atoms with E-state index in [-0.39, 0.29) is 12.1 Å². The number of aromatic nitrogens is 4. The number of hydrogen-bond donors (Lipinski definition) is 3. The minimum absolute atomic E-state index is 0.132. The zero-order chi connectivity index (χ0) is 12.4. The summed E-state index contributed by atoms with van der Waals surface area (Å²) in [5.74, 6) is 0.730. The van der Waals surface area contributed by atoms with Crippen LogP contribution in [0.4, 0.5) is 5.82 Å². The number of hydrogen-bond acceptors (Lipinski definition) is 5. The van der Waals surface area contributed by atoms with E-state index in [0.29, 0.717) is 5.65 Å². The molecule has 0 spiro atoms. The zero-order valence-corrected chi connectivity index (χ0v) is 10.2. The second-order valence-corrected chi connectivity index (χ2v) is 4.95. The first-order valence-electron chi connectivity index (χ1n) is 6.36. The molecule has 2 aromatic rings. The lowest BCUT2D eigenvalue weighted by Gasteiger charge is -2.36. The van der Waals surface area contributed by atoms with Crippen LogP contribution in [-0.4, -0.2) is 37.2 Å². The molecule has 1 fully saturated rings. The second kappa shape index (κ2) is 4.53. The van der Waals surface area contributed by atoms with Gasteiger partial charge in [-0.1, -0.05) is 19.3 Å². The fraction of sp³-hybridized carbons (Fsp3) is 0.583. The first kappa shape index (κ1) is 11.4. The molecule has 1 aliphatic rings. The Hall–Kier alpha value is -1.69. The summed E-state index contributed by atoms with van der Waals surface area (Å²) >= 11 is 0. The van der Waals surface area contributed by atoms with E-state index in [1.807, 2.05) is 0 Å². The zero-order valence-electron chi connectivity index (χ0n) is 10.2. The molecule has 1 aliphatic carbocycles. The van der Waals surface area contributed by atoms with Crippen LogP contribution in [0.1, 0.15) is 32.1 Å². The molecule has 0 bridgehead atoms. The SMILES string of the molecule is OCC1(Nc2ncnc3nc[nH]c23)CCCCC1. The van der Waals surface area contributed by atoms with Gasteiger partial charge in [-0.2, -0.15) is 0 Å². The van der Waals surface area contributed by atoms with Gasteiger partial charge < -0.3 is 15.4 Å². The van der Waals surface area contributed by atoms with Gasteiger partial charge in [0.05, 0.1) is 18.5 Å². The van der Waals surface area contributed by atoms with Crippen molar-refractivity contribution < 1.29 is 5.11 Å². The van der Waals surface area contributed by atoms with E-state index in [1.165, 1.54) is 12.7 Å². The largest absolute Gasteiger partial charge is 0.394 e. The number of aliphatic hydroxyl groups is 1. The third kappa shape index (κ3) is 1.92. The van der Waals surface area contributed by atoms with Gasteiger partial charge in [-0.05, 0) is 12.8 Å². The van der Waals surface area contributed by atoms with Crippen LogP contribution in [-0.2, 0) is 0 Å². The van der Waals surface area contributed by atoms with E-state index in [0.717, 1.165) is 37.0 Å². The van der Waals surface area contributed by atoms with Crippen LogP contribution >= 0.6 is 0 Å². The topological polar surface area (TPSA) is 86.7 Å². The van der Waals surface area contributed by atoms with Crippen molar-refractivity contribution in [1.82, 2.24) is 19.9 Å². The number of anilines is 1. The van der Waals surface area contributed by atoms with Gasteiger partial charge in [-0.25, -0.2) is 15.0 Å². The van der Waals surface area contributed by atoms with Gasteiger partial charge in [0, 0.05) is 0 Å². The standard InChI is InChI=1S/C12H17N5O/c18-6-12(4-2-1-3-5-12)17-11-9-10(14-7-13-9)15-8-16-11/h7-8,18H,1-6H2,(H2,13,14,15,16,17). The maximum atomic E-state index is 9.69. The average Bonchev–Trinajstić information content (AvgIpc) is 2.89. The Bertz CT molecular complexity index is 532. The van der Waals surface area contributed by atoms with Crippen molar-refractivity contribution in [2.45, 2.75) is 37.6 Å². The molecule has 6 heteroatoms. The normalized spacial score (nSPS) is 18.9. The Kier molecular flexibility index (Phi) is 2.87. The Labute approximate surface area is 105 Å². The van der Waals surface area contributed by atoms with E-state index in [9.17, 15) is 5.11 Å². The molecule has 0 atom stereocenters. The molecule has 3 rings (SSSR count). The van der Waals surface area contributed by atoms with Crippen molar-refractivity contribution in [2.75, 3.05) is 11.9 Å². The van der Waals surface area contributed by atoms with Gasteiger partial charge in [-0.15, -0.1) is 0 Å². The third-order valence-electron chi connectivity index (χ3n) is 3.72. The van der Waals surface area contributed by atoms with Gasteiger partial charge in [0.1, 0.15) is 11.8 Å². The molecule has 2 aromatic heterocycles. The van der Waals surface area contributed by atoms with E-state index < -0.39 is 0 Å². The lowest BCUT2D eigenvalue weighted by Crippen LogP contribution is -2.44. The molecule has 0 amide bonds. The monoisotopic (exact) mass is 247 g/mol. The first-order valence-corrected chi connectivity index (χ1v) is 6.36. The van der Waals surface area contributed by atoms with Crippen LogP contribution in [0.2, 0.25) is 0 Å². The quantitative estimate of drug-likeness (QED) is 0.764. The summed E-state index contributed by atoms with van der Waals surface area (Å²) in [6.45, 7) is 0.132. The lowest BCUT2D eigenvalue weighted by molar-refractivity contribution is 0.172. The highest BCUT2D eigenvalue weighted by Gasteiger charge is 2.32. The van der Waals surface area contributed by atoms with Gasteiger partial charge in [-0.3, -0.25) is 0 Å². The maximum Gasteiger partial charge on any atom is 0.182 e. The molecule has 0 saturated heterocycles. The molecule has 0 aromatic carbocycles. The summed E-state index contributed by atoms with van der Waals surface area (Å²) in [6.07, 6.45) is 8.59. The number of H-pyrrole nitrogens is 1. The predicted molar refractivity (Wildman–Crippen MR) is 68.2 cm³/mol. The highest BCUT2D eigenvalue weighted by molar-refractivity contribution is 5.82. The van der Waals surface area contributed by atoms with Gasteiger partial charge >= 0.3 is 0 Å². The molecule has 18 heavy (non-hydrogen) atoms. The maximum absolute atomic E-state index is 9.69. The molecule has 0 radical (unpaired) electrons. The van der Waals surface area contributed by atoms with E-state index >= 15 is 0 Å². The number of nitrogens with one attached hydrogen (secondary N) is 2. The Balaban J connectivity index is 1.92. The molecule has 0 unspecified atom stereocenters. The van der Waals surface area contributed by atoms with Crippen molar-refractivity contribution >= 4 is 17.0 Å². The fourth-order valence-corrected chi connectivity index (χ4v) is 2.66. The van der Waals surface area contributed by atoms with Gasteiger partial charge in [0.25, 0.3) is 0 Å². The summed E-state index contributed by atoms with van der Waals surface area (Å²) in [7, 11) is 0. The van der Waals surface area contributed by atoms with E-state index in [4.69, 9.17) is 0 Å². The smallest absolute Gasteiger partial charge is 0.182 e. The lowest BCUT2D eigenvalue weighted by atomic mass is 9.82. The highest BCUT2D eigenvalue weighted by Crippen LogP contribution is 2.32. The van der Waals surface area contributed by atoms with Gasteiger partial charge in [0.2, 0.25) is 0 Å². The van der Waals surface area contributed by atoms with E-state index in [2.05, 4.69) is 25.3 Å². The Morgan fingerprint density at radius 3 is 2.83 bits per heavy atom. The van der Waals surface area contributed by atoms with Crippen molar-refractivity contribution in [2.24, 2.45) is 0 Å². The van der Waals surface area contributed by atoms with Crippen molar-refractivity contribution in [3.63, 3.8) is 0 Å². The van der Waals surface area contributed by atoms with Crippen molar-refractivity contribution in [1.29, 1.82) is 0 Å². The van der Waals surface area contributed by atoms with Crippen LogP contribution < -0.4 is 5.32 Å². The summed E-state index contributed by atoms with van der Waals surface area (Å²) in [5, 5.41) is 13.1. The first-order chi connectivity index (χ1) is 8.83. The molecule has 0 aliphatic heterocycles. The Morgan fingerprint density at radius 1 is 1.22 bits per heavy atom. The number of nitrogens with zero attached hydrogens (tertiary/aromatic N) is 3. The van der Waals surface area contributed by atoms with Gasteiger partial charge in [0.15, 0.2) is 11.5 Å². The third-order valence-corrected chi connectivity index (χ3v) is 3.72. The summed E-state index contributed by atoms with van der Waals surface area (Å²) in [4.78, 5) is 15.5. The number of imidazole rings is 1. The fourth-order valence-electron chi connectivity index (χ4n) is 2.66. The molecule has 2 heterocycles. The molecule has 6 nitrogen and oxygen atoms in total. The van der Waals surface area contributed by atoms with Crippen LogP contribution in [0.25, 0.3) is 11.2 Å². The minimum Gasteiger partial charge on any atom is -0.394 e. The van der Waals surface area contributed by atoms with E-state index in [1.54, 1.807) is 6.33 Å². The number of aliphatic hydroxyl groups excluding tert-OH is 1. The molecule has 1 saturated carbocycles. The Morgan fingerprint density at radius 2 is 2.06 bits per heavy atom. The molecular formula is C12H17N5O. The number of aromatic amines is 1. The minimum atomic E-state index is -0.245. The summed E-state index contributed by atoms with van der Waals surface area (Å²) in [5.41, 5.74) is 1.21. The summed E-state index contributed by atoms with van der Waals surface area (Å²) < 4.78 is 0. The molecule has 96 valence electrons. The van der Waals surface area contributed by atoms with Crippen LogP contribution in [0.3, 0.4) is 0 Å². The number of rotatable bonds is 3. The van der Waals surface area contributed by atoms with Crippen molar-refractivity contribution in [3.8, 4) is 0 Å².